The fourth-order valence-corrected chi connectivity index (χ4v) is 2.48. The zero-order valence-corrected chi connectivity index (χ0v) is 15.3. The number of rotatable bonds is 12. The van der Waals surface area contributed by atoms with E-state index >= 15 is 0 Å². The van der Waals surface area contributed by atoms with Crippen LogP contribution in [0, 0.1) is 11.8 Å². The lowest BCUT2D eigenvalue weighted by molar-refractivity contribution is -0.137. The summed E-state index contributed by atoms with van der Waals surface area (Å²) >= 11 is 0. The third kappa shape index (κ3) is 11.2. The number of halogens is 3. The number of benzene rings is 1. The van der Waals surface area contributed by atoms with Crippen LogP contribution in [0.25, 0.3) is 0 Å². The summed E-state index contributed by atoms with van der Waals surface area (Å²) < 4.78 is 42.7. The molecule has 2 nitrogen and oxygen atoms in total. The Balaban J connectivity index is 1.99. The van der Waals surface area contributed by atoms with Crippen LogP contribution in [0.1, 0.15) is 68.9 Å². The first kappa shape index (κ1) is 22.5. The second kappa shape index (κ2) is 13.7. The van der Waals surface area contributed by atoms with Crippen LogP contribution < -0.4 is 0 Å². The van der Waals surface area contributed by atoms with Crippen molar-refractivity contribution in [3.63, 3.8) is 0 Å². The summed E-state index contributed by atoms with van der Waals surface area (Å²) in [6.07, 6.45) is 5.21. The molecule has 0 saturated carbocycles. The van der Waals surface area contributed by atoms with Crippen LogP contribution in [-0.4, -0.2) is 24.9 Å². The molecule has 0 amide bonds. The Labute approximate surface area is 154 Å². The Bertz CT molecular complexity index is 527. The molecule has 1 N–H and O–H groups in total. The van der Waals surface area contributed by atoms with Gasteiger partial charge in [-0.25, -0.2) is 0 Å². The quantitative estimate of drug-likeness (QED) is 0.385. The Kier molecular flexibility index (Phi) is 11.8. The predicted molar refractivity (Wildman–Crippen MR) is 97.8 cm³/mol. The van der Waals surface area contributed by atoms with Crippen LogP contribution >= 0.6 is 0 Å². The van der Waals surface area contributed by atoms with Crippen LogP contribution in [0.15, 0.2) is 24.3 Å². The number of unbranched alkanes of at least 4 members (excludes halogenated alkanes) is 7. The van der Waals surface area contributed by atoms with Gasteiger partial charge in [0.1, 0.15) is 0 Å². The smallest absolute Gasteiger partial charge is 0.396 e. The van der Waals surface area contributed by atoms with Gasteiger partial charge in [0.2, 0.25) is 0 Å². The monoisotopic (exact) mass is 370 g/mol. The van der Waals surface area contributed by atoms with Crippen molar-refractivity contribution >= 4 is 0 Å². The van der Waals surface area contributed by atoms with Gasteiger partial charge in [-0.15, -0.1) is 0 Å². The fraction of sp³-hybridized carbons (Fsp3) is 0.619. The standard InChI is InChI=1S/C21H29F3O2/c22-21(23,24)20-14-12-19(13-15-20)11-8-6-4-2-1-3-5-7-9-17-26-18-10-16-25/h12-15,25H,1-7,9-10,16-18H2. The molecule has 0 aliphatic heterocycles. The van der Waals surface area contributed by atoms with E-state index in [1.165, 1.54) is 37.8 Å². The van der Waals surface area contributed by atoms with Gasteiger partial charge in [-0.3, -0.25) is 0 Å². The molecule has 5 heteroatoms. The minimum Gasteiger partial charge on any atom is -0.396 e. The lowest BCUT2D eigenvalue weighted by atomic mass is 10.1. The molecule has 0 aliphatic carbocycles. The Morgan fingerprint density at radius 1 is 0.808 bits per heavy atom. The summed E-state index contributed by atoms with van der Waals surface area (Å²) in [5.41, 5.74) is -0.0148. The zero-order valence-electron chi connectivity index (χ0n) is 15.3. The molecule has 1 rings (SSSR count). The number of alkyl halides is 3. The van der Waals surface area contributed by atoms with E-state index in [9.17, 15) is 13.2 Å². The SMILES string of the molecule is OCCCOCCCCCCCCCC#Cc1ccc(C(F)(F)F)cc1. The maximum atomic E-state index is 12.5. The molecule has 0 heterocycles. The molecule has 1 aromatic carbocycles. The fourth-order valence-electron chi connectivity index (χ4n) is 2.48. The van der Waals surface area contributed by atoms with E-state index < -0.39 is 11.7 Å². The molecule has 0 spiro atoms. The van der Waals surface area contributed by atoms with Gasteiger partial charge in [0.05, 0.1) is 5.56 Å². The van der Waals surface area contributed by atoms with E-state index in [2.05, 4.69) is 11.8 Å². The summed E-state index contributed by atoms with van der Waals surface area (Å²) in [6.45, 7) is 1.61. The highest BCUT2D eigenvalue weighted by Gasteiger charge is 2.29. The normalized spacial score (nSPS) is 11.2. The van der Waals surface area contributed by atoms with Crippen molar-refractivity contribution in [2.45, 2.75) is 64.0 Å². The van der Waals surface area contributed by atoms with Crippen LogP contribution in [0.4, 0.5) is 13.2 Å². The number of aliphatic hydroxyl groups is 1. The largest absolute Gasteiger partial charge is 0.416 e. The van der Waals surface area contributed by atoms with E-state index in [1.807, 2.05) is 0 Å². The molecule has 0 aliphatic rings. The van der Waals surface area contributed by atoms with Crippen LogP contribution in [0.5, 0.6) is 0 Å². The van der Waals surface area contributed by atoms with Crippen LogP contribution in [-0.2, 0) is 10.9 Å². The molecule has 0 radical (unpaired) electrons. The number of aliphatic hydroxyl groups excluding tert-OH is 1. The van der Waals surface area contributed by atoms with Gasteiger partial charge in [-0.05, 0) is 43.5 Å². The van der Waals surface area contributed by atoms with Crippen molar-refractivity contribution < 1.29 is 23.0 Å². The Hall–Kier alpha value is -1.51. The predicted octanol–water partition coefficient (Wildman–Crippen LogP) is 5.58. The van der Waals surface area contributed by atoms with Gasteiger partial charge < -0.3 is 9.84 Å². The lowest BCUT2D eigenvalue weighted by Gasteiger charge is -2.05. The second-order valence-electron chi connectivity index (χ2n) is 6.29. The van der Waals surface area contributed by atoms with Crippen molar-refractivity contribution in [2.24, 2.45) is 0 Å². The minimum absolute atomic E-state index is 0.189. The molecular weight excluding hydrogens is 341 g/mol. The van der Waals surface area contributed by atoms with Crippen LogP contribution in [0.3, 0.4) is 0 Å². The van der Waals surface area contributed by atoms with Crippen molar-refractivity contribution in [1.82, 2.24) is 0 Å². The van der Waals surface area contributed by atoms with Crippen LogP contribution in [0.2, 0.25) is 0 Å². The first-order valence-corrected chi connectivity index (χ1v) is 9.39. The topological polar surface area (TPSA) is 29.5 Å². The molecule has 26 heavy (non-hydrogen) atoms. The Morgan fingerprint density at radius 3 is 2.00 bits per heavy atom. The third-order valence-corrected chi connectivity index (χ3v) is 3.98. The minimum atomic E-state index is -4.29. The number of ether oxygens (including phenoxy) is 1. The van der Waals surface area contributed by atoms with Crippen molar-refractivity contribution in [2.75, 3.05) is 19.8 Å². The zero-order chi connectivity index (χ0) is 19.1. The number of hydrogen-bond donors (Lipinski definition) is 1. The van der Waals surface area contributed by atoms with Gasteiger partial charge in [-0.2, -0.15) is 13.2 Å². The van der Waals surface area contributed by atoms with E-state index in [0.29, 0.717) is 18.6 Å². The van der Waals surface area contributed by atoms with Crippen molar-refractivity contribution in [1.29, 1.82) is 0 Å². The summed E-state index contributed by atoms with van der Waals surface area (Å²) in [4.78, 5) is 0. The first-order chi connectivity index (χ1) is 12.5. The molecule has 1 aromatic rings. The first-order valence-electron chi connectivity index (χ1n) is 9.39. The summed E-state index contributed by atoms with van der Waals surface area (Å²) in [5, 5.41) is 8.61. The lowest BCUT2D eigenvalue weighted by Crippen LogP contribution is -2.04. The van der Waals surface area contributed by atoms with E-state index in [4.69, 9.17) is 9.84 Å². The molecule has 0 bridgehead atoms. The maximum absolute atomic E-state index is 12.5. The van der Waals surface area contributed by atoms with E-state index in [-0.39, 0.29) is 6.61 Å². The highest BCUT2D eigenvalue weighted by atomic mass is 19.4. The molecule has 0 fully saturated rings. The average Bonchev–Trinajstić information content (AvgIpc) is 2.61. The molecule has 0 atom stereocenters. The van der Waals surface area contributed by atoms with E-state index in [0.717, 1.165) is 44.4 Å². The summed E-state index contributed by atoms with van der Waals surface area (Å²) in [5.74, 6) is 5.95. The van der Waals surface area contributed by atoms with Gasteiger partial charge >= 0.3 is 6.18 Å². The molecule has 0 unspecified atom stereocenters. The van der Waals surface area contributed by atoms with Gasteiger partial charge in [0.25, 0.3) is 0 Å². The summed E-state index contributed by atoms with van der Waals surface area (Å²) in [6, 6.07) is 4.98. The van der Waals surface area contributed by atoms with Gasteiger partial charge in [-0.1, -0.05) is 43.9 Å². The maximum Gasteiger partial charge on any atom is 0.416 e. The highest BCUT2D eigenvalue weighted by molar-refractivity contribution is 5.36. The average molecular weight is 370 g/mol. The molecular formula is C21H29F3O2. The second-order valence-corrected chi connectivity index (χ2v) is 6.29. The Morgan fingerprint density at radius 2 is 1.38 bits per heavy atom. The molecule has 0 saturated heterocycles. The molecule has 146 valence electrons. The molecule has 0 aromatic heterocycles. The van der Waals surface area contributed by atoms with Gasteiger partial charge in [0.15, 0.2) is 0 Å². The van der Waals surface area contributed by atoms with Crippen molar-refractivity contribution in [3.8, 4) is 11.8 Å². The highest BCUT2D eigenvalue weighted by Crippen LogP contribution is 2.28. The van der Waals surface area contributed by atoms with Gasteiger partial charge in [0, 0.05) is 31.8 Å². The summed E-state index contributed by atoms with van der Waals surface area (Å²) in [7, 11) is 0. The van der Waals surface area contributed by atoms with E-state index in [1.54, 1.807) is 0 Å². The van der Waals surface area contributed by atoms with Crippen molar-refractivity contribution in [3.05, 3.63) is 35.4 Å². The number of hydrogen-bond acceptors (Lipinski definition) is 2. The third-order valence-electron chi connectivity index (χ3n) is 3.98.